The molecular formula is C13H5PS. The second-order valence-electron chi connectivity index (χ2n) is 1.73. The molecule has 0 aromatic carbocycles. The number of hydrogen-bond donors (Lipinski definition) is 1. The Balaban J connectivity index is 4.06. The summed E-state index contributed by atoms with van der Waals surface area (Å²) in [5, 5.41) is 0. The second kappa shape index (κ2) is 12.1. The highest BCUT2D eigenvalue weighted by molar-refractivity contribution is 7.87. The maximum atomic E-state index is 4.88. The Morgan fingerprint density at radius 3 is 1.73 bits per heavy atom. The van der Waals surface area contributed by atoms with Gasteiger partial charge >= 0.3 is 0 Å². The van der Waals surface area contributed by atoms with E-state index in [4.69, 9.17) is 6.42 Å². The van der Waals surface area contributed by atoms with E-state index in [0.29, 0.717) is 8.58 Å². The third-order valence-electron chi connectivity index (χ3n) is 0.802. The van der Waals surface area contributed by atoms with Gasteiger partial charge in [-0.1, -0.05) is 5.66 Å². The van der Waals surface area contributed by atoms with E-state index >= 15 is 0 Å². The molecule has 0 saturated carbocycles. The molecule has 0 nitrogen and oxygen atoms in total. The highest BCUT2D eigenvalue weighted by Gasteiger charge is 1.65. The van der Waals surface area contributed by atoms with Crippen molar-refractivity contribution in [3.63, 3.8) is 0 Å². The number of rotatable bonds is 1. The van der Waals surface area contributed by atoms with Gasteiger partial charge in [0.05, 0.1) is 0 Å². The molecule has 0 heterocycles. The van der Waals surface area contributed by atoms with Crippen molar-refractivity contribution in [2.45, 2.75) is 0 Å². The van der Waals surface area contributed by atoms with E-state index in [1.807, 2.05) is 0 Å². The zero-order valence-electron chi connectivity index (χ0n) is 7.73. The molecule has 15 heavy (non-hydrogen) atoms. The molecule has 0 rings (SSSR count). The topological polar surface area (TPSA) is 0 Å². The molecule has 0 N–H and O–H groups in total. The molecule has 0 aliphatic rings. The highest BCUT2D eigenvalue weighted by atomic mass is 32.1. The van der Waals surface area contributed by atoms with Gasteiger partial charge in [-0.2, -0.15) is 12.6 Å². The fourth-order valence-corrected chi connectivity index (χ4v) is 0.837. The Labute approximate surface area is 98.2 Å². The van der Waals surface area contributed by atoms with E-state index in [-0.39, 0.29) is 0 Å². The third kappa shape index (κ3) is 12.1. The minimum atomic E-state index is 0.514. The zero-order chi connectivity index (χ0) is 11.2. The fraction of sp³-hybridized carbons (Fsp3) is 0.0769. The van der Waals surface area contributed by atoms with Crippen molar-refractivity contribution in [3.05, 3.63) is 0 Å². The van der Waals surface area contributed by atoms with Crippen molar-refractivity contribution in [2.75, 3.05) is 5.49 Å². The molecule has 0 fully saturated rings. The first-order valence-corrected chi connectivity index (χ1v) is 5.55. The Morgan fingerprint density at radius 1 is 0.800 bits per heavy atom. The van der Waals surface area contributed by atoms with Gasteiger partial charge in [-0.25, -0.2) is 0 Å². The quantitative estimate of drug-likeness (QED) is 0.386. The molecule has 0 bridgehead atoms. The predicted octanol–water partition coefficient (Wildman–Crippen LogP) is 1.16. The minimum absolute atomic E-state index is 0.514. The average molecular weight is 224 g/mol. The molecule has 0 saturated heterocycles. The molecule has 0 aromatic heterocycles. The molecule has 0 aliphatic carbocycles. The van der Waals surface area contributed by atoms with Crippen molar-refractivity contribution in [2.24, 2.45) is 0 Å². The first-order chi connectivity index (χ1) is 7.41. The average Bonchev–Trinajstić information content (AvgIpc) is 2.26. The summed E-state index contributed by atoms with van der Waals surface area (Å²) in [4.78, 5) is 0. The van der Waals surface area contributed by atoms with Crippen molar-refractivity contribution >= 4 is 21.2 Å². The molecule has 0 spiro atoms. The standard InChI is InChI=1S/C13H5PS/c1-2-3-4-5-6-7-8-9-10-11-12-14-13-15/h1,14-15H,13H2. The normalized spacial score (nSPS) is 5.60. The summed E-state index contributed by atoms with van der Waals surface area (Å²) in [6, 6.07) is 0. The minimum Gasteiger partial charge on any atom is -0.174 e. The Hall–Kier alpha value is -1.86. The molecule has 2 heteroatoms. The van der Waals surface area contributed by atoms with E-state index in [0.717, 1.165) is 5.49 Å². The third-order valence-corrected chi connectivity index (χ3v) is 1.74. The van der Waals surface area contributed by atoms with Crippen molar-refractivity contribution < 1.29 is 0 Å². The van der Waals surface area contributed by atoms with E-state index in [1.54, 1.807) is 0 Å². The van der Waals surface area contributed by atoms with Gasteiger partial charge in [0.1, 0.15) is 0 Å². The maximum absolute atomic E-state index is 4.88. The van der Waals surface area contributed by atoms with Crippen LogP contribution in [0.25, 0.3) is 0 Å². The van der Waals surface area contributed by atoms with Crippen LogP contribution in [0.2, 0.25) is 0 Å². The van der Waals surface area contributed by atoms with E-state index in [2.05, 4.69) is 77.5 Å². The van der Waals surface area contributed by atoms with Gasteiger partial charge in [0, 0.05) is 5.49 Å². The van der Waals surface area contributed by atoms with Crippen LogP contribution in [0.15, 0.2) is 0 Å². The summed E-state index contributed by atoms with van der Waals surface area (Å²) in [7, 11) is 0.514. The summed E-state index contributed by atoms with van der Waals surface area (Å²) in [6.45, 7) is 0. The van der Waals surface area contributed by atoms with Gasteiger partial charge in [0.2, 0.25) is 0 Å². The molecule has 1 unspecified atom stereocenters. The van der Waals surface area contributed by atoms with E-state index in [9.17, 15) is 0 Å². The fourth-order valence-electron chi connectivity index (χ4n) is 0.370. The van der Waals surface area contributed by atoms with Crippen LogP contribution in [-0.4, -0.2) is 5.49 Å². The lowest BCUT2D eigenvalue weighted by Gasteiger charge is -1.71. The lowest BCUT2D eigenvalue weighted by Crippen LogP contribution is -1.54. The Bertz CT molecular complexity index is 537. The van der Waals surface area contributed by atoms with Crippen LogP contribution >= 0.6 is 21.2 Å². The first kappa shape index (κ1) is 13.1. The number of hydrogen-bond acceptors (Lipinski definition) is 1. The van der Waals surface area contributed by atoms with Gasteiger partial charge in [-0.05, 0) is 67.8 Å². The summed E-state index contributed by atoms with van der Waals surface area (Å²) >= 11 is 4.01. The molecule has 1 atom stereocenters. The van der Waals surface area contributed by atoms with Gasteiger partial charge in [0.15, 0.2) is 0 Å². The Morgan fingerprint density at radius 2 is 1.27 bits per heavy atom. The largest absolute Gasteiger partial charge is 0.174 e. The Kier molecular flexibility index (Phi) is 10.6. The van der Waals surface area contributed by atoms with Gasteiger partial charge < -0.3 is 0 Å². The van der Waals surface area contributed by atoms with Gasteiger partial charge in [-0.15, -0.1) is 6.42 Å². The molecule has 68 valence electrons. The highest BCUT2D eigenvalue weighted by Crippen LogP contribution is 2.06. The lowest BCUT2D eigenvalue weighted by atomic mass is 10.5. The van der Waals surface area contributed by atoms with Gasteiger partial charge in [0.25, 0.3) is 0 Å². The zero-order valence-corrected chi connectivity index (χ0v) is 9.63. The molecule has 0 amide bonds. The summed E-state index contributed by atoms with van der Waals surface area (Å²) in [5.74, 6) is 24.6. The molecular weight excluding hydrogens is 219 g/mol. The van der Waals surface area contributed by atoms with Crippen LogP contribution < -0.4 is 0 Å². The molecule has 0 aliphatic heterocycles. The van der Waals surface area contributed by atoms with Crippen LogP contribution in [0, 0.1) is 71.3 Å². The van der Waals surface area contributed by atoms with Crippen LogP contribution in [0.4, 0.5) is 0 Å². The predicted molar refractivity (Wildman–Crippen MR) is 69.9 cm³/mol. The van der Waals surface area contributed by atoms with E-state index in [1.165, 1.54) is 0 Å². The number of thiol groups is 1. The van der Waals surface area contributed by atoms with Crippen LogP contribution in [-0.2, 0) is 0 Å². The maximum Gasteiger partial charge on any atom is 0.0190 e. The lowest BCUT2D eigenvalue weighted by molar-refractivity contribution is 2.30. The second-order valence-corrected chi connectivity index (χ2v) is 3.60. The van der Waals surface area contributed by atoms with Crippen LogP contribution in [0.5, 0.6) is 0 Å². The van der Waals surface area contributed by atoms with Crippen LogP contribution in [0.1, 0.15) is 0 Å². The molecule has 0 radical (unpaired) electrons. The number of terminal acetylenes is 1. The SMILES string of the molecule is C#CC#CC#CC#CC#CC#CPCS. The smallest absolute Gasteiger partial charge is 0.0190 e. The monoisotopic (exact) mass is 224 g/mol. The van der Waals surface area contributed by atoms with Crippen molar-refractivity contribution in [1.82, 2.24) is 0 Å². The van der Waals surface area contributed by atoms with Crippen LogP contribution in [0.3, 0.4) is 0 Å². The van der Waals surface area contributed by atoms with E-state index < -0.39 is 0 Å². The molecule has 0 aromatic rings. The summed E-state index contributed by atoms with van der Waals surface area (Å²) < 4.78 is 0. The van der Waals surface area contributed by atoms with Crippen molar-refractivity contribution in [3.8, 4) is 71.3 Å². The van der Waals surface area contributed by atoms with Gasteiger partial charge in [-0.3, -0.25) is 0 Å². The first-order valence-electron chi connectivity index (χ1n) is 3.71. The summed E-state index contributed by atoms with van der Waals surface area (Å²) in [6.07, 6.45) is 4.88. The van der Waals surface area contributed by atoms with Crippen molar-refractivity contribution in [1.29, 1.82) is 0 Å². The summed E-state index contributed by atoms with van der Waals surface area (Å²) in [5.41, 5.74) is 3.60.